The molecule has 0 heterocycles. The van der Waals surface area contributed by atoms with Crippen molar-refractivity contribution in [2.45, 2.75) is 6.92 Å². The van der Waals surface area contributed by atoms with E-state index in [0.29, 0.717) is 21.5 Å². The second kappa shape index (κ2) is 6.64. The molecule has 2 rings (SSSR count). The maximum absolute atomic E-state index is 11.8. The normalized spacial score (nSPS) is 10.2. The summed E-state index contributed by atoms with van der Waals surface area (Å²) in [4.78, 5) is 11.8. The molecule has 0 unspecified atom stereocenters. The molecule has 0 aliphatic carbocycles. The lowest BCUT2D eigenvalue weighted by atomic mass is 10.2. The number of halogens is 2. The molecule has 0 fully saturated rings. The van der Waals surface area contributed by atoms with Crippen molar-refractivity contribution in [3.05, 3.63) is 58.1 Å². The van der Waals surface area contributed by atoms with E-state index in [1.165, 1.54) is 0 Å². The molecule has 2 aromatic carbocycles. The van der Waals surface area contributed by atoms with E-state index in [4.69, 9.17) is 27.9 Å². The zero-order valence-corrected chi connectivity index (χ0v) is 12.3. The fraction of sp³-hybridized carbons (Fsp3) is 0.133. The van der Waals surface area contributed by atoms with Gasteiger partial charge in [-0.15, -0.1) is 0 Å². The van der Waals surface area contributed by atoms with Gasteiger partial charge in [-0.2, -0.15) is 0 Å². The highest BCUT2D eigenvalue weighted by molar-refractivity contribution is 6.39. The number of carbonyl (C=O) groups is 1. The van der Waals surface area contributed by atoms with Gasteiger partial charge in [0.2, 0.25) is 0 Å². The second-order valence-electron chi connectivity index (χ2n) is 4.25. The first kappa shape index (κ1) is 14.7. The van der Waals surface area contributed by atoms with E-state index in [1.807, 2.05) is 31.2 Å². The SMILES string of the molecule is Cc1ccc(OCC(=O)Nc2c(Cl)cccc2Cl)cc1. The lowest BCUT2D eigenvalue weighted by Crippen LogP contribution is -2.20. The Morgan fingerprint density at radius 3 is 2.30 bits per heavy atom. The van der Waals surface area contributed by atoms with Crippen LogP contribution in [0.1, 0.15) is 5.56 Å². The summed E-state index contributed by atoms with van der Waals surface area (Å²) in [6.45, 7) is 1.88. The number of para-hydroxylation sites is 1. The van der Waals surface area contributed by atoms with E-state index in [0.717, 1.165) is 5.56 Å². The number of amides is 1. The van der Waals surface area contributed by atoms with E-state index >= 15 is 0 Å². The van der Waals surface area contributed by atoms with Crippen LogP contribution in [0.25, 0.3) is 0 Å². The molecule has 0 aliphatic heterocycles. The monoisotopic (exact) mass is 309 g/mol. The fourth-order valence-electron chi connectivity index (χ4n) is 1.58. The Labute approximate surface area is 127 Å². The Hall–Kier alpha value is -1.71. The molecule has 5 heteroatoms. The molecular formula is C15H13Cl2NO2. The highest BCUT2D eigenvalue weighted by Gasteiger charge is 2.10. The number of anilines is 1. The van der Waals surface area contributed by atoms with E-state index in [-0.39, 0.29) is 12.5 Å². The zero-order valence-electron chi connectivity index (χ0n) is 10.8. The van der Waals surface area contributed by atoms with Gasteiger partial charge in [0, 0.05) is 0 Å². The van der Waals surface area contributed by atoms with Gasteiger partial charge in [0.25, 0.3) is 5.91 Å². The smallest absolute Gasteiger partial charge is 0.262 e. The summed E-state index contributed by atoms with van der Waals surface area (Å²) >= 11 is 11.9. The van der Waals surface area contributed by atoms with Gasteiger partial charge in [-0.25, -0.2) is 0 Å². The lowest BCUT2D eigenvalue weighted by molar-refractivity contribution is -0.118. The van der Waals surface area contributed by atoms with Gasteiger partial charge in [0.1, 0.15) is 5.75 Å². The van der Waals surface area contributed by atoms with Gasteiger partial charge in [-0.05, 0) is 31.2 Å². The van der Waals surface area contributed by atoms with E-state index < -0.39 is 0 Å². The Morgan fingerprint density at radius 1 is 1.10 bits per heavy atom. The quantitative estimate of drug-likeness (QED) is 0.913. The predicted octanol–water partition coefficient (Wildman–Crippen LogP) is 4.32. The Morgan fingerprint density at radius 2 is 1.70 bits per heavy atom. The molecule has 0 saturated heterocycles. The molecule has 0 aliphatic rings. The van der Waals surface area contributed by atoms with Crippen LogP contribution < -0.4 is 10.1 Å². The molecule has 20 heavy (non-hydrogen) atoms. The van der Waals surface area contributed by atoms with Crippen molar-refractivity contribution in [3.8, 4) is 5.75 Å². The van der Waals surface area contributed by atoms with Crippen LogP contribution in [0.15, 0.2) is 42.5 Å². The lowest BCUT2D eigenvalue weighted by Gasteiger charge is -2.10. The first-order chi connectivity index (χ1) is 9.56. The third kappa shape index (κ3) is 3.89. The van der Waals surface area contributed by atoms with Crippen LogP contribution in [-0.2, 0) is 4.79 Å². The second-order valence-corrected chi connectivity index (χ2v) is 5.06. The largest absolute Gasteiger partial charge is 0.484 e. The first-order valence-corrected chi connectivity index (χ1v) is 6.75. The average Bonchev–Trinajstić information content (AvgIpc) is 2.42. The van der Waals surface area contributed by atoms with Crippen LogP contribution in [-0.4, -0.2) is 12.5 Å². The molecule has 1 N–H and O–H groups in total. The molecule has 0 saturated carbocycles. The number of carbonyl (C=O) groups excluding carboxylic acids is 1. The average molecular weight is 310 g/mol. The highest BCUT2D eigenvalue weighted by Crippen LogP contribution is 2.29. The molecule has 0 spiro atoms. The fourth-order valence-corrected chi connectivity index (χ4v) is 2.07. The summed E-state index contributed by atoms with van der Waals surface area (Å²) < 4.78 is 5.38. The first-order valence-electron chi connectivity index (χ1n) is 5.99. The van der Waals surface area contributed by atoms with Gasteiger partial charge in [0.05, 0.1) is 15.7 Å². The predicted molar refractivity (Wildman–Crippen MR) is 81.8 cm³/mol. The van der Waals surface area contributed by atoms with E-state index in [1.54, 1.807) is 18.2 Å². The molecule has 0 radical (unpaired) electrons. The molecule has 0 atom stereocenters. The molecule has 3 nitrogen and oxygen atoms in total. The Kier molecular flexibility index (Phi) is 4.88. The van der Waals surface area contributed by atoms with Crippen LogP contribution in [0, 0.1) is 6.92 Å². The number of hydrogen-bond acceptors (Lipinski definition) is 2. The van der Waals surface area contributed by atoms with E-state index in [9.17, 15) is 4.79 Å². The number of benzene rings is 2. The number of hydrogen-bond donors (Lipinski definition) is 1. The van der Waals surface area contributed by atoms with Crippen molar-refractivity contribution in [2.75, 3.05) is 11.9 Å². The minimum Gasteiger partial charge on any atom is -0.484 e. The summed E-state index contributed by atoms with van der Waals surface area (Å²) in [5.74, 6) is 0.316. The maximum Gasteiger partial charge on any atom is 0.262 e. The Bertz CT molecular complexity index is 592. The number of aryl methyl sites for hydroxylation is 1. The van der Waals surface area contributed by atoms with Gasteiger partial charge >= 0.3 is 0 Å². The Balaban J connectivity index is 1.94. The summed E-state index contributed by atoms with van der Waals surface area (Å²) in [5.41, 5.74) is 1.53. The minimum absolute atomic E-state index is 0.107. The van der Waals surface area contributed by atoms with Gasteiger partial charge < -0.3 is 10.1 Å². The van der Waals surface area contributed by atoms with Crippen LogP contribution in [0.2, 0.25) is 10.0 Å². The van der Waals surface area contributed by atoms with Crippen LogP contribution in [0.4, 0.5) is 5.69 Å². The van der Waals surface area contributed by atoms with Crippen molar-refractivity contribution >= 4 is 34.8 Å². The summed E-state index contributed by atoms with van der Waals surface area (Å²) in [7, 11) is 0. The number of nitrogens with one attached hydrogen (secondary N) is 1. The van der Waals surface area contributed by atoms with Crippen molar-refractivity contribution in [1.82, 2.24) is 0 Å². The summed E-state index contributed by atoms with van der Waals surface area (Å²) in [5, 5.41) is 3.41. The number of ether oxygens (including phenoxy) is 1. The van der Waals surface area contributed by atoms with Crippen LogP contribution in [0.5, 0.6) is 5.75 Å². The number of rotatable bonds is 4. The van der Waals surface area contributed by atoms with Gasteiger partial charge in [0.15, 0.2) is 6.61 Å². The molecular weight excluding hydrogens is 297 g/mol. The van der Waals surface area contributed by atoms with Gasteiger partial charge in [-0.3, -0.25) is 4.79 Å². The van der Waals surface area contributed by atoms with Crippen molar-refractivity contribution in [3.63, 3.8) is 0 Å². The zero-order chi connectivity index (χ0) is 14.5. The summed E-state index contributed by atoms with van der Waals surface area (Å²) in [6.07, 6.45) is 0. The van der Waals surface area contributed by atoms with Crippen molar-refractivity contribution < 1.29 is 9.53 Å². The molecule has 104 valence electrons. The third-order valence-corrected chi connectivity index (χ3v) is 3.25. The topological polar surface area (TPSA) is 38.3 Å². The molecule has 0 bridgehead atoms. The molecule has 0 aromatic heterocycles. The van der Waals surface area contributed by atoms with Crippen LogP contribution in [0.3, 0.4) is 0 Å². The van der Waals surface area contributed by atoms with E-state index in [2.05, 4.69) is 5.32 Å². The minimum atomic E-state index is -0.319. The van der Waals surface area contributed by atoms with Crippen molar-refractivity contribution in [2.24, 2.45) is 0 Å². The third-order valence-electron chi connectivity index (χ3n) is 2.62. The summed E-state index contributed by atoms with van der Waals surface area (Å²) in [6, 6.07) is 12.5. The van der Waals surface area contributed by atoms with Crippen molar-refractivity contribution in [1.29, 1.82) is 0 Å². The van der Waals surface area contributed by atoms with Crippen LogP contribution >= 0.6 is 23.2 Å². The molecule has 2 aromatic rings. The highest BCUT2D eigenvalue weighted by atomic mass is 35.5. The standard InChI is InChI=1S/C15H13Cl2NO2/c1-10-5-7-11(8-6-10)20-9-14(19)18-15-12(16)3-2-4-13(15)17/h2-8H,9H2,1H3,(H,18,19). The molecule has 1 amide bonds. The van der Waals surface area contributed by atoms with Gasteiger partial charge in [-0.1, -0.05) is 47.0 Å². The maximum atomic E-state index is 11.8.